The van der Waals surface area contributed by atoms with Crippen molar-refractivity contribution in [1.29, 1.82) is 0 Å². The van der Waals surface area contributed by atoms with Gasteiger partial charge in [-0.25, -0.2) is 4.79 Å². The van der Waals surface area contributed by atoms with Crippen LogP contribution in [-0.2, 0) is 19.1 Å². The first-order chi connectivity index (χ1) is 12.6. The van der Waals surface area contributed by atoms with Crippen molar-refractivity contribution in [2.24, 2.45) is 16.7 Å². The van der Waals surface area contributed by atoms with E-state index in [2.05, 4.69) is 0 Å². The summed E-state index contributed by atoms with van der Waals surface area (Å²) in [4.78, 5) is 40.5. The van der Waals surface area contributed by atoms with E-state index in [0.717, 1.165) is 24.8 Å². The molecule has 1 aromatic rings. The highest BCUT2D eigenvalue weighted by Gasteiger charge is 2.79. The van der Waals surface area contributed by atoms with E-state index >= 15 is 0 Å². The Kier molecular flexibility index (Phi) is 3.24. The average molecular weight is 355 g/mol. The van der Waals surface area contributed by atoms with Gasteiger partial charge in [0.25, 0.3) is 0 Å². The van der Waals surface area contributed by atoms with Crippen molar-refractivity contribution in [1.82, 2.24) is 4.90 Å². The number of cyclic esters (lactones) is 2. The summed E-state index contributed by atoms with van der Waals surface area (Å²) in [5, 5.41) is 0. The molecule has 4 aliphatic rings. The van der Waals surface area contributed by atoms with Gasteiger partial charge >= 0.3 is 6.16 Å². The smallest absolute Gasteiger partial charge is 0.434 e. The number of rotatable bonds is 1. The van der Waals surface area contributed by atoms with Crippen molar-refractivity contribution < 1.29 is 23.9 Å². The fourth-order valence-electron chi connectivity index (χ4n) is 5.88. The van der Waals surface area contributed by atoms with Gasteiger partial charge in [-0.1, -0.05) is 43.2 Å². The summed E-state index contributed by atoms with van der Waals surface area (Å²) in [5.74, 6) is -0.259. The SMILES string of the molecule is O=C1OC[C@H]2C[C@]34CCCC[C@]23C(=O)N(C4=O)[C@H](c2ccccc2)CO1. The minimum atomic E-state index is -0.724. The lowest BCUT2D eigenvalue weighted by atomic mass is 9.40. The summed E-state index contributed by atoms with van der Waals surface area (Å²) in [6.07, 6.45) is 3.26. The normalized spacial score (nSPS) is 38.8. The third-order valence-electron chi connectivity index (χ3n) is 7.06. The maximum Gasteiger partial charge on any atom is 0.508 e. The maximum absolute atomic E-state index is 13.6. The molecule has 136 valence electrons. The minimum absolute atomic E-state index is 0.0723. The third kappa shape index (κ3) is 1.75. The summed E-state index contributed by atoms with van der Waals surface area (Å²) in [6, 6.07) is 8.73. The predicted octanol–water partition coefficient (Wildman–Crippen LogP) is 2.83. The predicted molar refractivity (Wildman–Crippen MR) is 89.8 cm³/mol. The van der Waals surface area contributed by atoms with Gasteiger partial charge in [0.15, 0.2) is 0 Å². The first kappa shape index (κ1) is 15.9. The Morgan fingerprint density at radius 3 is 2.46 bits per heavy atom. The zero-order chi connectivity index (χ0) is 17.9. The van der Waals surface area contributed by atoms with Gasteiger partial charge in [0.05, 0.1) is 23.5 Å². The number of carbonyl (C=O) groups is 3. The molecule has 0 radical (unpaired) electrons. The first-order valence-corrected chi connectivity index (χ1v) is 9.33. The molecular formula is C20H21NO5. The molecule has 2 saturated heterocycles. The molecule has 5 rings (SSSR count). The molecule has 0 unspecified atom stereocenters. The standard InChI is InChI=1S/C20H21NO5/c22-16-19-8-4-5-9-20(19)14(10-19)11-25-18(24)26-12-15(21(16)17(20)23)13-6-2-1-3-7-13/h1-3,6-7,14-15H,4-5,8-12H2/t14-,15+,19+,20-/m1/s1. The fourth-order valence-corrected chi connectivity index (χ4v) is 5.88. The highest BCUT2D eigenvalue weighted by molar-refractivity contribution is 6.12. The number of fused-ring (bicyclic) bond motifs is 1. The van der Waals surface area contributed by atoms with E-state index in [1.807, 2.05) is 30.3 Å². The summed E-state index contributed by atoms with van der Waals surface area (Å²) in [6.45, 7) is 0.0839. The topological polar surface area (TPSA) is 72.9 Å². The summed E-state index contributed by atoms with van der Waals surface area (Å²) in [7, 11) is 0. The number of ether oxygens (including phenoxy) is 2. The maximum atomic E-state index is 13.6. The third-order valence-corrected chi connectivity index (χ3v) is 7.06. The Morgan fingerprint density at radius 2 is 1.65 bits per heavy atom. The van der Waals surface area contributed by atoms with Crippen molar-refractivity contribution >= 4 is 18.0 Å². The molecule has 26 heavy (non-hydrogen) atoms. The van der Waals surface area contributed by atoms with E-state index in [-0.39, 0.29) is 30.9 Å². The minimum Gasteiger partial charge on any atom is -0.434 e. The van der Waals surface area contributed by atoms with Crippen LogP contribution in [0.1, 0.15) is 43.7 Å². The van der Waals surface area contributed by atoms with Gasteiger partial charge in [-0.2, -0.15) is 0 Å². The van der Waals surface area contributed by atoms with E-state index < -0.39 is 23.0 Å². The van der Waals surface area contributed by atoms with Crippen molar-refractivity contribution in [3.8, 4) is 0 Å². The van der Waals surface area contributed by atoms with Gasteiger partial charge < -0.3 is 9.47 Å². The number of amides is 2. The lowest BCUT2D eigenvalue weighted by Crippen LogP contribution is -2.63. The number of hydrogen-bond donors (Lipinski definition) is 0. The molecule has 2 aliphatic carbocycles. The van der Waals surface area contributed by atoms with Crippen LogP contribution in [0.5, 0.6) is 0 Å². The molecular weight excluding hydrogens is 334 g/mol. The quantitative estimate of drug-likeness (QED) is 0.572. The molecule has 1 aromatic carbocycles. The zero-order valence-electron chi connectivity index (χ0n) is 14.5. The molecule has 2 heterocycles. The van der Waals surface area contributed by atoms with Crippen LogP contribution in [0, 0.1) is 16.7 Å². The number of carbonyl (C=O) groups excluding carboxylic acids is 3. The van der Waals surface area contributed by atoms with E-state index in [4.69, 9.17) is 9.47 Å². The highest BCUT2D eigenvalue weighted by atomic mass is 16.7. The van der Waals surface area contributed by atoms with Crippen molar-refractivity contribution in [2.45, 2.75) is 38.1 Å². The molecule has 6 nitrogen and oxygen atoms in total. The Bertz CT molecular complexity index is 793. The second-order valence-corrected chi connectivity index (χ2v) is 7.94. The summed E-state index contributed by atoms with van der Waals surface area (Å²) >= 11 is 0. The monoisotopic (exact) mass is 355 g/mol. The van der Waals surface area contributed by atoms with Gasteiger partial charge in [0.1, 0.15) is 6.61 Å². The number of imide groups is 1. The molecule has 6 heteroatoms. The van der Waals surface area contributed by atoms with Crippen LogP contribution in [0.3, 0.4) is 0 Å². The zero-order valence-corrected chi connectivity index (χ0v) is 14.5. The van der Waals surface area contributed by atoms with E-state index in [0.29, 0.717) is 12.8 Å². The van der Waals surface area contributed by atoms with E-state index in [9.17, 15) is 14.4 Å². The molecule has 0 N–H and O–H groups in total. The molecule has 2 aliphatic heterocycles. The van der Waals surface area contributed by atoms with Gasteiger partial charge in [-0.3, -0.25) is 14.5 Å². The molecule has 4 atom stereocenters. The molecule has 2 bridgehead atoms. The average Bonchev–Trinajstić information content (AvgIpc) is 2.78. The van der Waals surface area contributed by atoms with Gasteiger partial charge in [-0.05, 0) is 24.8 Å². The van der Waals surface area contributed by atoms with Crippen molar-refractivity contribution in [3.05, 3.63) is 35.9 Å². The van der Waals surface area contributed by atoms with Crippen LogP contribution in [0.4, 0.5) is 4.79 Å². The highest BCUT2D eigenvalue weighted by Crippen LogP contribution is 2.72. The Hall–Kier alpha value is -2.37. The van der Waals surface area contributed by atoms with Crippen LogP contribution in [0.2, 0.25) is 0 Å². The molecule has 0 aromatic heterocycles. The lowest BCUT2D eigenvalue weighted by molar-refractivity contribution is -0.184. The number of benzene rings is 1. The van der Waals surface area contributed by atoms with E-state index in [1.54, 1.807) is 0 Å². The Labute approximate surface area is 151 Å². The lowest BCUT2D eigenvalue weighted by Gasteiger charge is -2.59. The van der Waals surface area contributed by atoms with Crippen LogP contribution in [-0.4, -0.2) is 36.1 Å². The van der Waals surface area contributed by atoms with Crippen LogP contribution in [0.15, 0.2) is 30.3 Å². The number of nitrogens with zero attached hydrogens (tertiary/aromatic N) is 1. The van der Waals surface area contributed by atoms with Crippen molar-refractivity contribution in [2.75, 3.05) is 13.2 Å². The van der Waals surface area contributed by atoms with Crippen LogP contribution >= 0.6 is 0 Å². The second kappa shape index (κ2) is 5.32. The second-order valence-electron chi connectivity index (χ2n) is 7.94. The summed E-state index contributed by atoms with van der Waals surface area (Å²) < 4.78 is 10.5. The fraction of sp³-hybridized carbons (Fsp3) is 0.550. The first-order valence-electron chi connectivity index (χ1n) is 9.33. The van der Waals surface area contributed by atoms with Gasteiger partial charge in [0, 0.05) is 5.92 Å². The largest absolute Gasteiger partial charge is 0.508 e. The van der Waals surface area contributed by atoms with E-state index in [1.165, 1.54) is 4.90 Å². The molecule has 2 saturated carbocycles. The van der Waals surface area contributed by atoms with Gasteiger partial charge in [-0.15, -0.1) is 0 Å². The molecule has 1 spiro atoms. The van der Waals surface area contributed by atoms with Crippen LogP contribution in [0.25, 0.3) is 0 Å². The van der Waals surface area contributed by atoms with Gasteiger partial charge in [0.2, 0.25) is 11.8 Å². The molecule has 2 amide bonds. The molecule has 4 fully saturated rings. The van der Waals surface area contributed by atoms with Crippen molar-refractivity contribution in [3.63, 3.8) is 0 Å². The van der Waals surface area contributed by atoms with Crippen LogP contribution < -0.4 is 0 Å². The summed E-state index contributed by atoms with van der Waals surface area (Å²) in [5.41, 5.74) is -0.492. The number of hydrogen-bond acceptors (Lipinski definition) is 5. The Morgan fingerprint density at radius 1 is 0.923 bits per heavy atom. The Balaban J connectivity index is 1.65.